The van der Waals surface area contributed by atoms with Crippen LogP contribution < -0.4 is 0 Å². The van der Waals surface area contributed by atoms with E-state index in [-0.39, 0.29) is 5.97 Å². The van der Waals surface area contributed by atoms with Crippen molar-refractivity contribution in [2.45, 2.75) is 91.1 Å². The van der Waals surface area contributed by atoms with Gasteiger partial charge in [-0.25, -0.2) is 4.79 Å². The van der Waals surface area contributed by atoms with E-state index in [1.807, 2.05) is 0 Å². The van der Waals surface area contributed by atoms with Gasteiger partial charge in [-0.3, -0.25) is 0 Å². The lowest BCUT2D eigenvalue weighted by Gasteiger charge is -2.12. The van der Waals surface area contributed by atoms with Crippen molar-refractivity contribution in [3.8, 4) is 0 Å². The van der Waals surface area contributed by atoms with E-state index in [2.05, 4.69) is 13.8 Å². The average Bonchev–Trinajstić information content (AvgIpc) is 2.45. The maximum Gasteiger partial charge on any atom is 0.334 e. The van der Waals surface area contributed by atoms with E-state index in [0.29, 0.717) is 13.2 Å². The van der Waals surface area contributed by atoms with Crippen molar-refractivity contribution >= 4 is 5.97 Å². The number of hydrogen-bond acceptors (Lipinski definition) is 3. The zero-order chi connectivity index (χ0) is 15.1. The Morgan fingerprint density at radius 1 is 0.800 bits per heavy atom. The van der Waals surface area contributed by atoms with Crippen molar-refractivity contribution in [2.75, 3.05) is 13.2 Å². The van der Waals surface area contributed by atoms with Crippen molar-refractivity contribution in [2.24, 2.45) is 0 Å². The predicted molar refractivity (Wildman–Crippen MR) is 83.9 cm³/mol. The molecule has 0 heterocycles. The molecule has 0 saturated carbocycles. The zero-order valence-electron chi connectivity index (χ0n) is 13.8. The summed E-state index contributed by atoms with van der Waals surface area (Å²) in [5, 5.41) is 0. The van der Waals surface area contributed by atoms with E-state index in [4.69, 9.17) is 9.47 Å². The molecule has 0 fully saturated rings. The second-order valence-corrected chi connectivity index (χ2v) is 5.51. The molecule has 0 radical (unpaired) electrons. The van der Waals surface area contributed by atoms with E-state index in [1.54, 1.807) is 6.92 Å². The van der Waals surface area contributed by atoms with Gasteiger partial charge in [0.2, 0.25) is 0 Å². The molecule has 1 atom stereocenters. The Morgan fingerprint density at radius 2 is 1.35 bits per heavy atom. The van der Waals surface area contributed by atoms with Crippen LogP contribution in [0, 0.1) is 0 Å². The second-order valence-electron chi connectivity index (χ2n) is 5.51. The molecular weight excluding hydrogens is 252 g/mol. The van der Waals surface area contributed by atoms with E-state index in [1.165, 1.54) is 38.5 Å². The highest BCUT2D eigenvalue weighted by Gasteiger charge is 2.13. The van der Waals surface area contributed by atoms with Crippen LogP contribution in [0.25, 0.3) is 0 Å². The van der Waals surface area contributed by atoms with Crippen molar-refractivity contribution in [3.05, 3.63) is 0 Å². The Hall–Kier alpha value is -0.570. The highest BCUT2D eigenvalue weighted by Crippen LogP contribution is 2.08. The van der Waals surface area contributed by atoms with Crippen LogP contribution in [-0.2, 0) is 14.3 Å². The number of ether oxygens (including phenoxy) is 2. The van der Waals surface area contributed by atoms with Crippen molar-refractivity contribution in [3.63, 3.8) is 0 Å². The molecule has 0 aromatic carbocycles. The molecule has 0 aromatic rings. The molecule has 0 aromatic heterocycles. The summed E-state index contributed by atoms with van der Waals surface area (Å²) in [7, 11) is 0. The summed E-state index contributed by atoms with van der Waals surface area (Å²) in [6, 6.07) is 0. The molecule has 0 amide bonds. The van der Waals surface area contributed by atoms with Gasteiger partial charge in [0.1, 0.15) is 0 Å². The van der Waals surface area contributed by atoms with Gasteiger partial charge in [0, 0.05) is 6.61 Å². The molecular formula is C17H34O3. The van der Waals surface area contributed by atoms with Gasteiger partial charge in [-0.05, 0) is 19.8 Å². The number of carbonyl (C=O) groups excluding carboxylic acids is 1. The van der Waals surface area contributed by atoms with Gasteiger partial charge < -0.3 is 9.47 Å². The number of unbranched alkanes of at least 4 members (excludes halogenated alkanes) is 8. The van der Waals surface area contributed by atoms with Crippen LogP contribution in [0.15, 0.2) is 0 Å². The summed E-state index contributed by atoms with van der Waals surface area (Å²) < 4.78 is 10.6. The molecule has 3 nitrogen and oxygen atoms in total. The Labute approximate surface area is 125 Å². The van der Waals surface area contributed by atoms with Gasteiger partial charge in [0.05, 0.1) is 6.61 Å². The SMILES string of the molecule is CCCCCCCCCCOC(=O)C(C)OCCCC. The Morgan fingerprint density at radius 3 is 1.95 bits per heavy atom. The maximum absolute atomic E-state index is 11.6. The lowest BCUT2D eigenvalue weighted by atomic mass is 10.1. The summed E-state index contributed by atoms with van der Waals surface area (Å²) >= 11 is 0. The van der Waals surface area contributed by atoms with E-state index < -0.39 is 6.10 Å². The summed E-state index contributed by atoms with van der Waals surface area (Å²) in [6.45, 7) is 7.29. The van der Waals surface area contributed by atoms with Crippen LogP contribution >= 0.6 is 0 Å². The topological polar surface area (TPSA) is 35.5 Å². The monoisotopic (exact) mass is 286 g/mol. The van der Waals surface area contributed by atoms with Crippen LogP contribution in [0.1, 0.15) is 85.0 Å². The van der Waals surface area contributed by atoms with Gasteiger partial charge in [-0.15, -0.1) is 0 Å². The van der Waals surface area contributed by atoms with Gasteiger partial charge in [0.15, 0.2) is 6.10 Å². The Kier molecular flexibility index (Phi) is 14.4. The summed E-state index contributed by atoms with van der Waals surface area (Å²) in [6.07, 6.45) is 11.7. The van der Waals surface area contributed by atoms with Crippen LogP contribution in [0.2, 0.25) is 0 Å². The smallest absolute Gasteiger partial charge is 0.334 e. The van der Waals surface area contributed by atoms with Crippen molar-refractivity contribution in [1.82, 2.24) is 0 Å². The zero-order valence-corrected chi connectivity index (χ0v) is 13.8. The van der Waals surface area contributed by atoms with Crippen molar-refractivity contribution in [1.29, 1.82) is 0 Å². The van der Waals surface area contributed by atoms with Crippen LogP contribution in [0.5, 0.6) is 0 Å². The summed E-state index contributed by atoms with van der Waals surface area (Å²) in [4.78, 5) is 11.6. The molecule has 20 heavy (non-hydrogen) atoms. The predicted octanol–water partition coefficient (Wildman–Crippen LogP) is 4.88. The third kappa shape index (κ3) is 12.5. The first-order valence-electron chi connectivity index (χ1n) is 8.50. The number of carbonyl (C=O) groups is 1. The third-order valence-electron chi connectivity index (χ3n) is 3.44. The summed E-state index contributed by atoms with van der Waals surface area (Å²) in [5.41, 5.74) is 0. The molecule has 0 N–H and O–H groups in total. The van der Waals surface area contributed by atoms with Gasteiger partial charge in [-0.2, -0.15) is 0 Å². The lowest BCUT2D eigenvalue weighted by molar-refractivity contribution is -0.156. The fraction of sp³-hybridized carbons (Fsp3) is 0.941. The first-order valence-corrected chi connectivity index (χ1v) is 8.50. The maximum atomic E-state index is 11.6. The van der Waals surface area contributed by atoms with Crippen LogP contribution in [0.4, 0.5) is 0 Å². The first-order chi connectivity index (χ1) is 9.72. The molecule has 0 saturated heterocycles. The molecule has 0 aliphatic carbocycles. The van der Waals surface area contributed by atoms with Gasteiger partial charge in [0.25, 0.3) is 0 Å². The molecule has 0 aliphatic rings. The third-order valence-corrected chi connectivity index (χ3v) is 3.44. The molecule has 0 rings (SSSR count). The van der Waals surface area contributed by atoms with E-state index in [9.17, 15) is 4.79 Å². The van der Waals surface area contributed by atoms with Crippen molar-refractivity contribution < 1.29 is 14.3 Å². The van der Waals surface area contributed by atoms with E-state index >= 15 is 0 Å². The quantitative estimate of drug-likeness (QED) is 0.337. The minimum Gasteiger partial charge on any atom is -0.464 e. The fourth-order valence-corrected chi connectivity index (χ4v) is 2.00. The normalized spacial score (nSPS) is 12.3. The minimum atomic E-state index is -0.421. The number of rotatable bonds is 14. The standard InChI is InChI=1S/C17H34O3/c1-4-6-8-9-10-11-12-13-15-20-17(18)16(3)19-14-7-5-2/h16H,4-15H2,1-3H3. The van der Waals surface area contributed by atoms with Crippen LogP contribution in [-0.4, -0.2) is 25.3 Å². The highest BCUT2D eigenvalue weighted by atomic mass is 16.6. The summed E-state index contributed by atoms with van der Waals surface area (Å²) in [5.74, 6) is -0.218. The second kappa shape index (κ2) is 14.8. The highest BCUT2D eigenvalue weighted by molar-refractivity contribution is 5.74. The molecule has 120 valence electrons. The lowest BCUT2D eigenvalue weighted by Crippen LogP contribution is -2.24. The molecule has 0 aliphatic heterocycles. The number of hydrogen-bond donors (Lipinski definition) is 0. The minimum absolute atomic E-state index is 0.218. The molecule has 0 bridgehead atoms. The number of esters is 1. The molecule has 3 heteroatoms. The largest absolute Gasteiger partial charge is 0.464 e. The van der Waals surface area contributed by atoms with Gasteiger partial charge in [-0.1, -0.05) is 65.2 Å². The van der Waals surface area contributed by atoms with Crippen LogP contribution in [0.3, 0.4) is 0 Å². The fourth-order valence-electron chi connectivity index (χ4n) is 2.00. The average molecular weight is 286 g/mol. The molecule has 0 spiro atoms. The Bertz CT molecular complexity index is 216. The first kappa shape index (κ1) is 19.4. The van der Waals surface area contributed by atoms with E-state index in [0.717, 1.165) is 25.7 Å². The Balaban J connectivity index is 3.30. The molecule has 1 unspecified atom stereocenters. The van der Waals surface area contributed by atoms with Gasteiger partial charge >= 0.3 is 5.97 Å².